The van der Waals surface area contributed by atoms with Gasteiger partial charge >= 0.3 is 27.7 Å². The molecule has 28 heavy (non-hydrogen) atoms. The summed E-state index contributed by atoms with van der Waals surface area (Å²) in [6.07, 6.45) is 12.9. The van der Waals surface area contributed by atoms with Crippen LogP contribution in [-0.4, -0.2) is 61.0 Å². The Hall–Kier alpha value is 1.03. The third-order valence-corrected chi connectivity index (χ3v) is 8.31. The van der Waals surface area contributed by atoms with Crippen molar-refractivity contribution in [3.63, 3.8) is 0 Å². The molecule has 5 atom stereocenters. The van der Waals surface area contributed by atoms with Crippen LogP contribution in [0.3, 0.4) is 0 Å². The molecule has 0 aromatic carbocycles. The van der Waals surface area contributed by atoms with E-state index in [1.54, 1.807) is 0 Å². The summed E-state index contributed by atoms with van der Waals surface area (Å²) in [5, 5.41) is 0. The molecule has 5 heterocycles. The van der Waals surface area contributed by atoms with Gasteiger partial charge in [-0.25, -0.2) is 0 Å². The third-order valence-electron chi connectivity index (χ3n) is 8.31. The summed E-state index contributed by atoms with van der Waals surface area (Å²) in [5.41, 5.74) is -2.08. The minimum Gasteiger partial charge on any atom is -1.00 e. The summed E-state index contributed by atoms with van der Waals surface area (Å²) in [7, 11) is 0. The summed E-state index contributed by atoms with van der Waals surface area (Å²) in [5.74, 6) is 0. The number of ether oxygens (including phenoxy) is 5. The fourth-order valence-electron chi connectivity index (χ4n) is 7.67. The zero-order chi connectivity index (χ0) is 17.3. The van der Waals surface area contributed by atoms with Gasteiger partial charge in [0, 0.05) is 39.5 Å². The summed E-state index contributed by atoms with van der Waals surface area (Å²) >= 11 is 0. The molecule has 5 saturated heterocycles. The zero-order valence-electron chi connectivity index (χ0n) is 16.8. The van der Waals surface area contributed by atoms with Gasteiger partial charge in [0.25, 0.3) is 0 Å². The standard InChI is InChI=1S/C21H31O5.ClH.Hg/c1-6-17(22-11-1)16-18(7-2-12-23-18)20(9-4-14-25-20)21(10-5-15-26-21)19(17)8-3-13-24-19;;/h16H,1-15H2;1H;/q;;+1/p-1/t17-,18-,19-,20+,21?;;/m1../s1. The molecule has 0 amide bonds. The maximum absolute atomic E-state index is 6.80. The monoisotopic (exact) mass is 600 g/mol. The Bertz CT molecular complexity index is 525. The topological polar surface area (TPSA) is 46.2 Å². The molecular weight excluding hydrogens is 568 g/mol. The summed E-state index contributed by atoms with van der Waals surface area (Å²) in [6.45, 7) is 4.01. The first-order chi connectivity index (χ1) is 12.7. The van der Waals surface area contributed by atoms with Crippen molar-refractivity contribution in [2.75, 3.05) is 33.0 Å². The van der Waals surface area contributed by atoms with E-state index in [4.69, 9.17) is 23.7 Å². The second-order valence-corrected chi connectivity index (χ2v) is 9.16. The molecule has 6 rings (SSSR count). The summed E-state index contributed by atoms with van der Waals surface area (Å²) in [4.78, 5) is 0. The minimum absolute atomic E-state index is 0. The Morgan fingerprint density at radius 2 is 0.821 bits per heavy atom. The van der Waals surface area contributed by atoms with Crippen LogP contribution >= 0.6 is 0 Å². The first-order valence-corrected chi connectivity index (χ1v) is 10.8. The van der Waals surface area contributed by atoms with Crippen LogP contribution in [0.2, 0.25) is 0 Å². The maximum atomic E-state index is 6.80. The fraction of sp³-hybridized carbons (Fsp3) is 0.952. The first-order valence-electron chi connectivity index (χ1n) is 10.8. The molecule has 5 nitrogen and oxygen atoms in total. The van der Waals surface area contributed by atoms with E-state index in [1.165, 1.54) is 0 Å². The molecule has 1 aliphatic carbocycles. The van der Waals surface area contributed by atoms with Crippen LogP contribution in [0.15, 0.2) is 0 Å². The van der Waals surface area contributed by atoms with E-state index in [2.05, 4.69) is 6.42 Å². The smallest absolute Gasteiger partial charge is 1.00 e. The molecule has 6 fully saturated rings. The van der Waals surface area contributed by atoms with Crippen LogP contribution in [0.4, 0.5) is 0 Å². The van der Waals surface area contributed by atoms with Gasteiger partial charge in [0.15, 0.2) is 0 Å². The van der Waals surface area contributed by atoms with E-state index in [-0.39, 0.29) is 40.1 Å². The van der Waals surface area contributed by atoms with Gasteiger partial charge in [-0.1, -0.05) is 0 Å². The van der Waals surface area contributed by atoms with E-state index in [0.29, 0.717) is 0 Å². The van der Waals surface area contributed by atoms with Gasteiger partial charge in [0.05, 0.1) is 0 Å². The van der Waals surface area contributed by atoms with Crippen molar-refractivity contribution < 1.29 is 63.8 Å². The third kappa shape index (κ3) is 2.36. The van der Waals surface area contributed by atoms with Crippen molar-refractivity contribution >= 4 is 0 Å². The molecule has 2 radical (unpaired) electrons. The SMILES string of the molecule is [CH]1[C@]2(CCCO2)[C@]2(CCCO2)C2(CCCO2)[C@]2(CCCO2)[C@@]12CCCO2.[Cl-].[Hg+]. The average Bonchev–Trinajstić information content (AvgIpc) is 3.44. The van der Waals surface area contributed by atoms with Gasteiger partial charge in [-0.05, 0) is 64.2 Å². The van der Waals surface area contributed by atoms with E-state index >= 15 is 0 Å². The van der Waals surface area contributed by atoms with Gasteiger partial charge in [0.1, 0.15) is 28.0 Å². The molecule has 0 N–H and O–H groups in total. The molecule has 154 valence electrons. The number of rotatable bonds is 0. The van der Waals surface area contributed by atoms with Gasteiger partial charge in [-0.15, -0.1) is 0 Å². The second kappa shape index (κ2) is 7.56. The molecule has 6 aliphatic rings. The van der Waals surface area contributed by atoms with Crippen LogP contribution < -0.4 is 12.4 Å². The van der Waals surface area contributed by atoms with Crippen molar-refractivity contribution in [3.8, 4) is 0 Å². The molecule has 5 spiro atoms. The van der Waals surface area contributed by atoms with E-state index in [9.17, 15) is 0 Å². The van der Waals surface area contributed by atoms with Crippen LogP contribution in [-0.2, 0) is 51.4 Å². The largest absolute Gasteiger partial charge is 1.00 e. The van der Waals surface area contributed by atoms with Crippen LogP contribution in [0.25, 0.3) is 0 Å². The number of halogens is 1. The van der Waals surface area contributed by atoms with Crippen molar-refractivity contribution in [3.05, 3.63) is 6.42 Å². The normalized spacial score (nSPS) is 52.3. The van der Waals surface area contributed by atoms with Crippen LogP contribution in [0.1, 0.15) is 64.2 Å². The Balaban J connectivity index is 0.000000961. The Morgan fingerprint density at radius 3 is 1.14 bits per heavy atom. The van der Waals surface area contributed by atoms with Gasteiger partial charge in [-0.3, -0.25) is 0 Å². The average molecular weight is 600 g/mol. The van der Waals surface area contributed by atoms with Crippen molar-refractivity contribution in [1.29, 1.82) is 0 Å². The zero-order valence-corrected chi connectivity index (χ0v) is 23.1. The predicted molar refractivity (Wildman–Crippen MR) is 93.9 cm³/mol. The van der Waals surface area contributed by atoms with Gasteiger partial charge in [-0.2, -0.15) is 0 Å². The molecular formula is C21H31ClHgO5. The predicted octanol–water partition coefficient (Wildman–Crippen LogP) is -0.0482. The molecule has 0 aromatic heterocycles. The molecule has 5 aliphatic heterocycles. The summed E-state index contributed by atoms with van der Waals surface area (Å²) < 4.78 is 33.5. The summed E-state index contributed by atoms with van der Waals surface area (Å²) in [6, 6.07) is 0. The molecule has 0 bridgehead atoms. The Morgan fingerprint density at radius 1 is 0.464 bits per heavy atom. The molecule has 1 saturated carbocycles. The van der Waals surface area contributed by atoms with Crippen molar-refractivity contribution in [2.45, 2.75) is 92.2 Å². The number of hydrogen-bond donors (Lipinski definition) is 0. The quantitative estimate of drug-likeness (QED) is 0.366. The fourth-order valence-corrected chi connectivity index (χ4v) is 7.67. The number of fused-ring (bicyclic) bond motifs is 4. The second-order valence-electron chi connectivity index (χ2n) is 9.16. The minimum atomic E-state index is -0.448. The number of hydrogen-bond acceptors (Lipinski definition) is 5. The van der Waals surface area contributed by atoms with E-state index in [1.807, 2.05) is 0 Å². The van der Waals surface area contributed by atoms with Crippen molar-refractivity contribution in [1.82, 2.24) is 0 Å². The first kappa shape index (κ1) is 22.2. The Labute approximate surface area is 194 Å². The van der Waals surface area contributed by atoms with Gasteiger partial charge in [0.2, 0.25) is 0 Å². The van der Waals surface area contributed by atoms with E-state index < -0.39 is 28.0 Å². The molecule has 7 heteroatoms. The van der Waals surface area contributed by atoms with Gasteiger partial charge < -0.3 is 36.1 Å². The molecule has 0 aromatic rings. The molecule has 1 unspecified atom stereocenters. The van der Waals surface area contributed by atoms with E-state index in [0.717, 1.165) is 97.2 Å². The van der Waals surface area contributed by atoms with Crippen LogP contribution in [0.5, 0.6) is 0 Å². The van der Waals surface area contributed by atoms with Crippen molar-refractivity contribution in [2.24, 2.45) is 0 Å². The van der Waals surface area contributed by atoms with Crippen LogP contribution in [0, 0.1) is 6.42 Å². The maximum Gasteiger partial charge on any atom is 1.00 e. The Kier molecular flexibility index (Phi) is 6.00.